The van der Waals surface area contributed by atoms with E-state index >= 15 is 0 Å². The average Bonchev–Trinajstić information content (AvgIpc) is 3.40. The van der Waals surface area contributed by atoms with Gasteiger partial charge >= 0.3 is 11.9 Å². The standard InChI is InChI=1S/C21H12N4O5/c22-12-14(20-23-16-3-1-2-4-17(16)24-20)11-13-5-7-15(8-6-13)29-21(26)18-9-10-19(30-18)25(27)28/h1-11H,(H,23,24). The lowest BCUT2D eigenvalue weighted by Gasteiger charge is -2.02. The van der Waals surface area contributed by atoms with Gasteiger partial charge in [0, 0.05) is 0 Å². The average molecular weight is 400 g/mol. The number of ether oxygens (including phenoxy) is 1. The van der Waals surface area contributed by atoms with E-state index in [0.717, 1.165) is 17.1 Å². The Hall–Kier alpha value is -4.71. The summed E-state index contributed by atoms with van der Waals surface area (Å²) in [6.07, 6.45) is 1.65. The maximum absolute atomic E-state index is 12.0. The van der Waals surface area contributed by atoms with Gasteiger partial charge in [-0.1, -0.05) is 24.3 Å². The number of hydrogen-bond acceptors (Lipinski definition) is 7. The number of nitriles is 1. The Labute approximate surface area is 169 Å². The number of rotatable bonds is 5. The molecule has 4 aromatic rings. The van der Waals surface area contributed by atoms with E-state index in [1.807, 2.05) is 24.3 Å². The summed E-state index contributed by atoms with van der Waals surface area (Å²) in [6.45, 7) is 0. The van der Waals surface area contributed by atoms with E-state index in [0.29, 0.717) is 17.0 Å². The third-order valence-corrected chi connectivity index (χ3v) is 4.14. The molecule has 0 bridgehead atoms. The molecule has 0 unspecified atom stereocenters. The Balaban J connectivity index is 1.51. The predicted octanol–water partition coefficient (Wildman–Crippen LogP) is 4.35. The van der Waals surface area contributed by atoms with Crippen LogP contribution >= 0.6 is 0 Å². The maximum Gasteiger partial charge on any atom is 0.433 e. The first-order chi connectivity index (χ1) is 14.5. The molecule has 146 valence electrons. The van der Waals surface area contributed by atoms with Gasteiger partial charge in [0.1, 0.15) is 22.6 Å². The van der Waals surface area contributed by atoms with E-state index in [2.05, 4.69) is 16.0 Å². The van der Waals surface area contributed by atoms with E-state index in [4.69, 9.17) is 9.15 Å². The number of hydrogen-bond donors (Lipinski definition) is 1. The second-order valence-electron chi connectivity index (χ2n) is 6.13. The molecule has 0 aliphatic carbocycles. The SMILES string of the molecule is N#CC(=Cc1ccc(OC(=O)c2ccc([N+](=O)[O-])o2)cc1)c1nc2ccccc2[nH]1. The molecule has 0 amide bonds. The molecule has 0 radical (unpaired) electrons. The van der Waals surface area contributed by atoms with Crippen molar-refractivity contribution in [2.75, 3.05) is 0 Å². The molecule has 0 aliphatic heterocycles. The molecule has 0 saturated carbocycles. The molecule has 2 aromatic heterocycles. The number of esters is 1. The number of furan rings is 1. The van der Waals surface area contributed by atoms with Crippen molar-refractivity contribution in [2.45, 2.75) is 0 Å². The molecule has 0 saturated heterocycles. The molecule has 2 aromatic carbocycles. The van der Waals surface area contributed by atoms with Crippen molar-refractivity contribution in [1.29, 1.82) is 5.26 Å². The van der Waals surface area contributed by atoms with Gasteiger partial charge in [0.05, 0.1) is 22.7 Å². The number of carbonyl (C=O) groups is 1. The molecule has 30 heavy (non-hydrogen) atoms. The van der Waals surface area contributed by atoms with Gasteiger partial charge in [-0.25, -0.2) is 9.78 Å². The molecule has 0 atom stereocenters. The zero-order valence-corrected chi connectivity index (χ0v) is 15.2. The first-order valence-electron chi connectivity index (χ1n) is 8.67. The van der Waals surface area contributed by atoms with Gasteiger partial charge in [-0.05, 0) is 42.0 Å². The van der Waals surface area contributed by atoms with Crippen LogP contribution in [-0.2, 0) is 0 Å². The molecule has 9 heteroatoms. The van der Waals surface area contributed by atoms with Gasteiger partial charge in [-0.15, -0.1) is 0 Å². The van der Waals surface area contributed by atoms with Gasteiger partial charge in [0.25, 0.3) is 0 Å². The van der Waals surface area contributed by atoms with Crippen molar-refractivity contribution >= 4 is 34.5 Å². The Kier molecular flexibility index (Phi) is 4.80. The van der Waals surface area contributed by atoms with Crippen LogP contribution in [0.3, 0.4) is 0 Å². The van der Waals surface area contributed by atoms with Crippen LogP contribution in [0.5, 0.6) is 5.75 Å². The third-order valence-electron chi connectivity index (χ3n) is 4.14. The minimum Gasteiger partial charge on any atom is -0.421 e. The number of allylic oxidation sites excluding steroid dienone is 1. The number of aromatic nitrogens is 2. The molecule has 0 aliphatic rings. The lowest BCUT2D eigenvalue weighted by atomic mass is 10.1. The molecule has 1 N–H and O–H groups in total. The van der Waals surface area contributed by atoms with Crippen molar-refractivity contribution in [2.24, 2.45) is 0 Å². The van der Waals surface area contributed by atoms with Gasteiger partial charge < -0.3 is 14.1 Å². The highest BCUT2D eigenvalue weighted by atomic mass is 16.7. The summed E-state index contributed by atoms with van der Waals surface area (Å²) in [5.41, 5.74) is 2.63. The number of nitro groups is 1. The summed E-state index contributed by atoms with van der Waals surface area (Å²) in [6, 6.07) is 18.2. The van der Waals surface area contributed by atoms with Crippen LogP contribution in [0.1, 0.15) is 21.9 Å². The van der Waals surface area contributed by atoms with Crippen LogP contribution < -0.4 is 4.74 Å². The van der Waals surface area contributed by atoms with Crippen LogP contribution in [0.2, 0.25) is 0 Å². The van der Waals surface area contributed by atoms with Crippen LogP contribution in [0, 0.1) is 21.4 Å². The summed E-state index contributed by atoms with van der Waals surface area (Å²) in [5, 5.41) is 20.1. The molecule has 9 nitrogen and oxygen atoms in total. The predicted molar refractivity (Wildman–Crippen MR) is 106 cm³/mol. The number of nitrogens with zero attached hydrogens (tertiary/aromatic N) is 3. The van der Waals surface area contributed by atoms with E-state index in [1.165, 1.54) is 18.2 Å². The zero-order valence-electron chi connectivity index (χ0n) is 15.2. The van der Waals surface area contributed by atoms with Crippen LogP contribution in [0.4, 0.5) is 5.88 Å². The topological polar surface area (TPSA) is 135 Å². The van der Waals surface area contributed by atoms with Crippen LogP contribution in [-0.4, -0.2) is 20.9 Å². The van der Waals surface area contributed by atoms with Crippen LogP contribution in [0.15, 0.2) is 65.1 Å². The highest BCUT2D eigenvalue weighted by molar-refractivity contribution is 5.90. The van der Waals surface area contributed by atoms with Crippen molar-refractivity contribution in [3.63, 3.8) is 0 Å². The minimum atomic E-state index is -0.855. The molecule has 4 rings (SSSR count). The fourth-order valence-corrected chi connectivity index (χ4v) is 2.73. The maximum atomic E-state index is 12.0. The normalized spacial score (nSPS) is 11.2. The molecule has 0 spiro atoms. The summed E-state index contributed by atoms with van der Waals surface area (Å²) < 4.78 is 9.96. The summed E-state index contributed by atoms with van der Waals surface area (Å²) >= 11 is 0. The number of carbonyl (C=O) groups excluding carboxylic acids is 1. The lowest BCUT2D eigenvalue weighted by molar-refractivity contribution is -0.402. The molecule has 0 fully saturated rings. The van der Waals surface area contributed by atoms with Crippen LogP contribution in [0.25, 0.3) is 22.7 Å². The Morgan fingerprint density at radius 2 is 1.93 bits per heavy atom. The minimum absolute atomic E-state index is 0.221. The second-order valence-corrected chi connectivity index (χ2v) is 6.13. The zero-order chi connectivity index (χ0) is 21.1. The van der Waals surface area contributed by atoms with E-state index in [-0.39, 0.29) is 11.5 Å². The number of aromatic amines is 1. The number of para-hydroxylation sites is 2. The summed E-state index contributed by atoms with van der Waals surface area (Å²) in [5.74, 6) is -1.00. The number of benzene rings is 2. The number of fused-ring (bicyclic) bond motifs is 1. The molecular formula is C21H12N4O5. The van der Waals surface area contributed by atoms with Gasteiger partial charge in [-0.2, -0.15) is 5.26 Å². The first-order valence-corrected chi connectivity index (χ1v) is 8.67. The third kappa shape index (κ3) is 3.79. The van der Waals surface area contributed by atoms with E-state index < -0.39 is 16.8 Å². The molecular weight excluding hydrogens is 388 g/mol. The fraction of sp³-hybridized carbons (Fsp3) is 0. The fourth-order valence-electron chi connectivity index (χ4n) is 2.73. The number of imidazole rings is 1. The van der Waals surface area contributed by atoms with E-state index in [1.54, 1.807) is 18.2 Å². The van der Waals surface area contributed by atoms with Crippen molar-refractivity contribution in [3.05, 3.63) is 87.9 Å². The van der Waals surface area contributed by atoms with Gasteiger partial charge in [0.15, 0.2) is 0 Å². The van der Waals surface area contributed by atoms with Crippen molar-refractivity contribution in [3.8, 4) is 11.8 Å². The Bertz CT molecular complexity index is 1290. The number of H-pyrrole nitrogens is 1. The largest absolute Gasteiger partial charge is 0.433 e. The monoisotopic (exact) mass is 400 g/mol. The lowest BCUT2D eigenvalue weighted by Crippen LogP contribution is -2.07. The molecule has 2 heterocycles. The number of nitrogens with one attached hydrogen (secondary N) is 1. The Morgan fingerprint density at radius 3 is 2.60 bits per heavy atom. The van der Waals surface area contributed by atoms with Crippen molar-refractivity contribution in [1.82, 2.24) is 9.97 Å². The van der Waals surface area contributed by atoms with Crippen molar-refractivity contribution < 1.29 is 18.9 Å². The highest BCUT2D eigenvalue weighted by Crippen LogP contribution is 2.22. The van der Waals surface area contributed by atoms with Gasteiger partial charge in [-0.3, -0.25) is 10.1 Å². The summed E-state index contributed by atoms with van der Waals surface area (Å²) in [4.78, 5) is 29.4. The first kappa shape index (κ1) is 18.6. The summed E-state index contributed by atoms with van der Waals surface area (Å²) in [7, 11) is 0. The smallest absolute Gasteiger partial charge is 0.421 e. The quantitative estimate of drug-likeness (QED) is 0.173. The van der Waals surface area contributed by atoms with E-state index in [9.17, 15) is 20.2 Å². The highest BCUT2D eigenvalue weighted by Gasteiger charge is 2.19. The second kappa shape index (κ2) is 7.73. The Morgan fingerprint density at radius 1 is 1.17 bits per heavy atom. The van der Waals surface area contributed by atoms with Gasteiger partial charge in [0.2, 0.25) is 5.76 Å².